The van der Waals surface area contributed by atoms with Crippen molar-refractivity contribution in [1.29, 1.82) is 0 Å². The molecule has 1 saturated heterocycles. The maximum atomic E-state index is 11.4. The van der Waals surface area contributed by atoms with E-state index in [1.165, 1.54) is 25.7 Å². The van der Waals surface area contributed by atoms with Gasteiger partial charge in [0.1, 0.15) is 0 Å². The van der Waals surface area contributed by atoms with Crippen molar-refractivity contribution in [2.75, 3.05) is 0 Å². The van der Waals surface area contributed by atoms with Crippen molar-refractivity contribution < 1.29 is 14.6 Å². The highest BCUT2D eigenvalue weighted by molar-refractivity contribution is 5.71. The van der Waals surface area contributed by atoms with Crippen LogP contribution in [0.5, 0.6) is 0 Å². The van der Waals surface area contributed by atoms with Gasteiger partial charge in [0.2, 0.25) is 0 Å². The van der Waals surface area contributed by atoms with Gasteiger partial charge in [-0.2, -0.15) is 0 Å². The van der Waals surface area contributed by atoms with E-state index < -0.39 is 5.97 Å². The second-order valence-electron chi connectivity index (χ2n) is 7.20. The van der Waals surface area contributed by atoms with Crippen molar-refractivity contribution in [3.63, 3.8) is 0 Å². The fraction of sp³-hybridized carbons (Fsp3) is 0.938. The van der Waals surface area contributed by atoms with Crippen LogP contribution in [-0.4, -0.2) is 23.3 Å². The average molecular weight is 268 g/mol. The summed E-state index contributed by atoms with van der Waals surface area (Å²) in [5, 5.41) is 9.35. The van der Waals surface area contributed by atoms with Gasteiger partial charge < -0.3 is 9.84 Å². The second kappa shape index (κ2) is 5.82. The maximum absolute atomic E-state index is 11.4. The highest BCUT2D eigenvalue weighted by atomic mass is 16.6. The minimum Gasteiger partial charge on any atom is -0.481 e. The predicted octanol–water partition coefficient (Wildman–Crippen LogP) is 3.86. The molecule has 1 N–H and O–H groups in total. The molecule has 0 aromatic rings. The van der Waals surface area contributed by atoms with Crippen LogP contribution in [-0.2, 0) is 9.53 Å². The number of carbonyl (C=O) groups is 1. The van der Waals surface area contributed by atoms with Crippen LogP contribution < -0.4 is 0 Å². The summed E-state index contributed by atoms with van der Waals surface area (Å²) in [6.45, 7) is 6.74. The molecule has 0 amide bonds. The molecule has 2 fully saturated rings. The van der Waals surface area contributed by atoms with Gasteiger partial charge in [0, 0.05) is 0 Å². The standard InChI is InChI=1S/C16H28O3/c1-4-13-14(19-13)12(15(17)18)8-7-11-6-5-9-16(2,3)10-11/h11-14H,4-10H2,1-3H3,(H,17,18)/t11-,12?,13?,14?/m1/s1. The summed E-state index contributed by atoms with van der Waals surface area (Å²) in [5.41, 5.74) is 0.448. The summed E-state index contributed by atoms with van der Waals surface area (Å²) in [6, 6.07) is 0. The second-order valence-corrected chi connectivity index (χ2v) is 7.20. The first-order valence-corrected chi connectivity index (χ1v) is 7.81. The SMILES string of the molecule is CCC1OC1C(CC[C@H]1CCCC(C)(C)C1)C(=O)O. The van der Waals surface area contributed by atoms with Gasteiger partial charge in [-0.25, -0.2) is 0 Å². The van der Waals surface area contributed by atoms with Gasteiger partial charge in [-0.05, 0) is 43.4 Å². The van der Waals surface area contributed by atoms with Gasteiger partial charge >= 0.3 is 5.97 Å². The maximum Gasteiger partial charge on any atom is 0.309 e. The van der Waals surface area contributed by atoms with E-state index in [-0.39, 0.29) is 18.1 Å². The Labute approximate surface area is 116 Å². The highest BCUT2D eigenvalue weighted by Crippen LogP contribution is 2.42. The van der Waals surface area contributed by atoms with Crippen LogP contribution in [0.3, 0.4) is 0 Å². The normalized spacial score (nSPS) is 34.8. The number of rotatable bonds is 6. The third-order valence-corrected chi connectivity index (χ3v) is 4.93. The summed E-state index contributed by atoms with van der Waals surface area (Å²) in [5.74, 6) is -0.240. The number of carboxylic acid groups (broad SMARTS) is 1. The first kappa shape index (κ1) is 14.8. The minimum absolute atomic E-state index is 0.0147. The fourth-order valence-corrected chi connectivity index (χ4v) is 3.78. The highest BCUT2D eigenvalue weighted by Gasteiger charge is 2.46. The van der Waals surface area contributed by atoms with Crippen molar-refractivity contribution >= 4 is 5.97 Å². The Morgan fingerprint density at radius 1 is 1.47 bits per heavy atom. The summed E-state index contributed by atoms with van der Waals surface area (Å²) in [6.07, 6.45) is 8.10. The molecule has 3 heteroatoms. The zero-order chi connectivity index (χ0) is 14.0. The smallest absolute Gasteiger partial charge is 0.309 e. The third-order valence-electron chi connectivity index (χ3n) is 4.93. The van der Waals surface area contributed by atoms with Crippen molar-refractivity contribution in [2.45, 2.75) is 77.9 Å². The van der Waals surface area contributed by atoms with E-state index in [1.807, 2.05) is 0 Å². The summed E-state index contributed by atoms with van der Waals surface area (Å²) >= 11 is 0. The Bertz CT molecular complexity index is 324. The largest absolute Gasteiger partial charge is 0.481 e. The molecule has 4 atom stereocenters. The molecular formula is C16H28O3. The number of aliphatic carboxylic acids is 1. The van der Waals surface area contributed by atoms with Crippen LogP contribution >= 0.6 is 0 Å². The molecule has 1 aliphatic heterocycles. The molecule has 2 rings (SSSR count). The molecule has 19 heavy (non-hydrogen) atoms. The quantitative estimate of drug-likeness (QED) is 0.744. The lowest BCUT2D eigenvalue weighted by molar-refractivity contribution is -0.142. The minimum atomic E-state index is -0.670. The summed E-state index contributed by atoms with van der Waals surface area (Å²) in [7, 11) is 0. The lowest BCUT2D eigenvalue weighted by atomic mass is 9.70. The molecule has 3 unspecified atom stereocenters. The van der Waals surface area contributed by atoms with E-state index in [1.54, 1.807) is 0 Å². The lowest BCUT2D eigenvalue weighted by Crippen LogP contribution is -2.26. The summed E-state index contributed by atoms with van der Waals surface area (Å²) in [4.78, 5) is 11.4. The van der Waals surface area contributed by atoms with Gasteiger partial charge in [0.25, 0.3) is 0 Å². The van der Waals surface area contributed by atoms with E-state index in [2.05, 4.69) is 20.8 Å². The number of carboxylic acids is 1. The number of ether oxygens (including phenoxy) is 1. The summed E-state index contributed by atoms with van der Waals surface area (Å²) < 4.78 is 5.49. The lowest BCUT2D eigenvalue weighted by Gasteiger charge is -2.35. The molecule has 3 nitrogen and oxygen atoms in total. The monoisotopic (exact) mass is 268 g/mol. The van der Waals surface area contributed by atoms with E-state index in [4.69, 9.17) is 4.74 Å². The van der Waals surface area contributed by atoms with E-state index in [0.29, 0.717) is 11.3 Å². The Balaban J connectivity index is 1.81. The molecule has 1 heterocycles. The predicted molar refractivity (Wildman–Crippen MR) is 75.1 cm³/mol. The molecule has 0 radical (unpaired) electrons. The van der Waals surface area contributed by atoms with Gasteiger partial charge in [0.05, 0.1) is 18.1 Å². The van der Waals surface area contributed by atoms with Crippen LogP contribution in [0.1, 0.15) is 65.7 Å². The van der Waals surface area contributed by atoms with Gasteiger partial charge in [-0.1, -0.05) is 33.6 Å². The number of hydrogen-bond donors (Lipinski definition) is 1. The van der Waals surface area contributed by atoms with Crippen molar-refractivity contribution in [2.24, 2.45) is 17.3 Å². The van der Waals surface area contributed by atoms with Gasteiger partial charge in [-0.3, -0.25) is 4.79 Å². The molecule has 0 aromatic heterocycles. The molecule has 0 spiro atoms. The number of hydrogen-bond acceptors (Lipinski definition) is 2. The van der Waals surface area contributed by atoms with E-state index in [0.717, 1.165) is 19.3 Å². The molecule has 1 saturated carbocycles. The van der Waals surface area contributed by atoms with Crippen molar-refractivity contribution in [1.82, 2.24) is 0 Å². The molecule has 0 aromatic carbocycles. The van der Waals surface area contributed by atoms with Crippen LogP contribution in [0.4, 0.5) is 0 Å². The first-order valence-electron chi connectivity index (χ1n) is 7.81. The van der Waals surface area contributed by atoms with Gasteiger partial charge in [0.15, 0.2) is 0 Å². The van der Waals surface area contributed by atoms with Crippen LogP contribution in [0.15, 0.2) is 0 Å². The average Bonchev–Trinajstić information content (AvgIpc) is 3.07. The Hall–Kier alpha value is -0.570. The molecule has 0 bridgehead atoms. The van der Waals surface area contributed by atoms with Crippen molar-refractivity contribution in [3.05, 3.63) is 0 Å². The van der Waals surface area contributed by atoms with E-state index in [9.17, 15) is 9.90 Å². The Kier molecular flexibility index (Phi) is 4.54. The zero-order valence-corrected chi connectivity index (χ0v) is 12.5. The molecule has 110 valence electrons. The Morgan fingerprint density at radius 2 is 2.21 bits per heavy atom. The molecule has 1 aliphatic carbocycles. The Morgan fingerprint density at radius 3 is 2.74 bits per heavy atom. The van der Waals surface area contributed by atoms with E-state index >= 15 is 0 Å². The third kappa shape index (κ3) is 3.95. The fourth-order valence-electron chi connectivity index (χ4n) is 3.78. The van der Waals surface area contributed by atoms with Gasteiger partial charge in [-0.15, -0.1) is 0 Å². The van der Waals surface area contributed by atoms with Crippen molar-refractivity contribution in [3.8, 4) is 0 Å². The first-order chi connectivity index (χ1) is 8.93. The van der Waals surface area contributed by atoms with Crippen LogP contribution in [0.2, 0.25) is 0 Å². The molecular weight excluding hydrogens is 240 g/mol. The molecule has 2 aliphatic rings. The van der Waals surface area contributed by atoms with Crippen LogP contribution in [0.25, 0.3) is 0 Å². The number of epoxide rings is 1. The topological polar surface area (TPSA) is 49.8 Å². The zero-order valence-electron chi connectivity index (χ0n) is 12.5. The van der Waals surface area contributed by atoms with Crippen LogP contribution in [0, 0.1) is 17.3 Å².